The van der Waals surface area contributed by atoms with Gasteiger partial charge in [0, 0.05) is 20.3 Å². The molecule has 0 radical (unpaired) electrons. The van der Waals surface area contributed by atoms with Crippen LogP contribution in [-0.4, -0.2) is 7.05 Å². The second kappa shape index (κ2) is 7.55. The first-order valence-corrected chi connectivity index (χ1v) is 8.18. The molecule has 1 aromatic heterocycles. The molecule has 1 aromatic rings. The summed E-state index contributed by atoms with van der Waals surface area (Å²) in [7, 11) is 2.09. The van der Waals surface area contributed by atoms with Crippen molar-refractivity contribution in [3.05, 3.63) is 20.3 Å². The maximum atomic E-state index is 3.62. The van der Waals surface area contributed by atoms with Gasteiger partial charge in [0.05, 0.1) is 0 Å². The molecule has 98 valence electrons. The topological polar surface area (TPSA) is 12.0 Å². The number of rotatable bonds is 7. The van der Waals surface area contributed by atoms with Crippen molar-refractivity contribution in [2.45, 2.75) is 52.5 Å². The van der Waals surface area contributed by atoms with Gasteiger partial charge in [-0.3, -0.25) is 0 Å². The Morgan fingerprint density at radius 3 is 2.24 bits per heavy atom. The van der Waals surface area contributed by atoms with Crippen LogP contribution in [0.2, 0.25) is 0 Å². The Kier molecular flexibility index (Phi) is 6.75. The smallest absolute Gasteiger partial charge is 0.0441 e. The lowest BCUT2D eigenvalue weighted by atomic mass is 9.89. The first-order chi connectivity index (χ1) is 8.13. The minimum atomic E-state index is 0.518. The SMILES string of the molecule is CCCC(CCC)C(NC)c1cc(Br)c(C)s1. The van der Waals surface area contributed by atoms with Gasteiger partial charge < -0.3 is 5.32 Å². The molecule has 1 heterocycles. The normalized spacial score (nSPS) is 13.3. The quantitative estimate of drug-likeness (QED) is 0.720. The third-order valence-corrected chi connectivity index (χ3v) is 5.50. The van der Waals surface area contributed by atoms with Crippen LogP contribution in [0.25, 0.3) is 0 Å². The van der Waals surface area contributed by atoms with E-state index in [0.29, 0.717) is 6.04 Å². The Morgan fingerprint density at radius 1 is 1.29 bits per heavy atom. The summed E-state index contributed by atoms with van der Waals surface area (Å²) in [5.74, 6) is 0.764. The van der Waals surface area contributed by atoms with E-state index in [9.17, 15) is 0 Å². The molecule has 1 unspecified atom stereocenters. The van der Waals surface area contributed by atoms with Crippen LogP contribution in [0.15, 0.2) is 10.5 Å². The Labute approximate surface area is 118 Å². The largest absolute Gasteiger partial charge is 0.312 e. The number of aryl methyl sites for hydroxylation is 1. The van der Waals surface area contributed by atoms with Crippen molar-refractivity contribution >= 4 is 27.3 Å². The van der Waals surface area contributed by atoms with E-state index >= 15 is 0 Å². The molecule has 17 heavy (non-hydrogen) atoms. The van der Waals surface area contributed by atoms with Gasteiger partial charge in [-0.25, -0.2) is 0 Å². The highest BCUT2D eigenvalue weighted by molar-refractivity contribution is 9.10. The van der Waals surface area contributed by atoms with Crippen molar-refractivity contribution in [3.63, 3.8) is 0 Å². The molecule has 0 aliphatic heterocycles. The lowest BCUT2D eigenvalue weighted by molar-refractivity contribution is 0.335. The number of thiophene rings is 1. The van der Waals surface area contributed by atoms with Crippen molar-refractivity contribution in [1.82, 2.24) is 5.32 Å². The summed E-state index contributed by atoms with van der Waals surface area (Å²) in [6, 6.07) is 2.81. The van der Waals surface area contributed by atoms with Gasteiger partial charge in [0.1, 0.15) is 0 Å². The summed E-state index contributed by atoms with van der Waals surface area (Å²) in [5.41, 5.74) is 0. The van der Waals surface area contributed by atoms with E-state index in [-0.39, 0.29) is 0 Å². The van der Waals surface area contributed by atoms with E-state index in [1.807, 2.05) is 11.3 Å². The minimum absolute atomic E-state index is 0.518. The van der Waals surface area contributed by atoms with Gasteiger partial charge in [-0.15, -0.1) is 11.3 Å². The Balaban J connectivity index is 2.86. The average molecular weight is 318 g/mol. The van der Waals surface area contributed by atoms with Gasteiger partial charge in [0.2, 0.25) is 0 Å². The summed E-state index contributed by atoms with van der Waals surface area (Å²) < 4.78 is 1.25. The summed E-state index contributed by atoms with van der Waals surface area (Å²) in [6.07, 6.45) is 5.17. The van der Waals surface area contributed by atoms with Crippen LogP contribution in [0, 0.1) is 12.8 Å². The fourth-order valence-corrected chi connectivity index (χ4v) is 4.23. The van der Waals surface area contributed by atoms with Gasteiger partial charge in [-0.2, -0.15) is 0 Å². The predicted molar refractivity (Wildman–Crippen MR) is 81.9 cm³/mol. The molecule has 1 rings (SSSR count). The average Bonchev–Trinajstić information content (AvgIpc) is 2.61. The lowest BCUT2D eigenvalue weighted by Gasteiger charge is -2.25. The first-order valence-electron chi connectivity index (χ1n) is 6.57. The second-order valence-corrected chi connectivity index (χ2v) is 6.80. The summed E-state index contributed by atoms with van der Waals surface area (Å²) >= 11 is 5.54. The van der Waals surface area contributed by atoms with Gasteiger partial charge in [0.15, 0.2) is 0 Å². The molecule has 0 saturated heterocycles. The fourth-order valence-electron chi connectivity index (χ4n) is 2.46. The van der Waals surface area contributed by atoms with Crippen LogP contribution in [0.5, 0.6) is 0 Å². The van der Waals surface area contributed by atoms with Crippen molar-refractivity contribution in [2.75, 3.05) is 7.05 Å². The monoisotopic (exact) mass is 317 g/mol. The van der Waals surface area contributed by atoms with Crippen LogP contribution < -0.4 is 5.32 Å². The molecule has 0 amide bonds. The Morgan fingerprint density at radius 2 is 1.88 bits per heavy atom. The summed E-state index contributed by atoms with van der Waals surface area (Å²) in [4.78, 5) is 2.86. The molecule has 0 saturated carbocycles. The van der Waals surface area contributed by atoms with E-state index < -0.39 is 0 Å². The molecule has 0 aliphatic rings. The highest BCUT2D eigenvalue weighted by Crippen LogP contribution is 2.36. The van der Waals surface area contributed by atoms with Crippen molar-refractivity contribution < 1.29 is 0 Å². The molecule has 0 spiro atoms. The highest BCUT2D eigenvalue weighted by atomic mass is 79.9. The van der Waals surface area contributed by atoms with E-state index in [4.69, 9.17) is 0 Å². The van der Waals surface area contributed by atoms with Crippen molar-refractivity contribution in [2.24, 2.45) is 5.92 Å². The van der Waals surface area contributed by atoms with Crippen molar-refractivity contribution in [3.8, 4) is 0 Å². The zero-order valence-electron chi connectivity index (χ0n) is 11.3. The maximum Gasteiger partial charge on any atom is 0.0441 e. The fraction of sp³-hybridized carbons (Fsp3) is 0.714. The van der Waals surface area contributed by atoms with Crippen LogP contribution in [0.1, 0.15) is 55.3 Å². The van der Waals surface area contributed by atoms with E-state index in [0.717, 1.165) is 5.92 Å². The van der Waals surface area contributed by atoms with Crippen LogP contribution in [0.3, 0.4) is 0 Å². The number of hydrogen-bond donors (Lipinski definition) is 1. The predicted octanol–water partition coefficient (Wildman–Crippen LogP) is 5.30. The summed E-state index contributed by atoms with van der Waals surface area (Å²) in [5, 5.41) is 3.52. The Bertz CT molecular complexity index is 309. The molecular formula is C14H24BrNS. The van der Waals surface area contributed by atoms with Gasteiger partial charge in [-0.1, -0.05) is 26.7 Å². The number of hydrogen-bond acceptors (Lipinski definition) is 2. The van der Waals surface area contributed by atoms with Gasteiger partial charge in [0.25, 0.3) is 0 Å². The molecule has 1 N–H and O–H groups in total. The second-order valence-electron chi connectivity index (χ2n) is 4.66. The molecule has 0 bridgehead atoms. The zero-order chi connectivity index (χ0) is 12.8. The third kappa shape index (κ3) is 4.08. The minimum Gasteiger partial charge on any atom is -0.312 e. The molecule has 0 aromatic carbocycles. The molecule has 0 fully saturated rings. The Hall–Kier alpha value is 0.140. The van der Waals surface area contributed by atoms with Crippen LogP contribution in [0.4, 0.5) is 0 Å². The molecule has 1 atom stereocenters. The first kappa shape index (κ1) is 15.2. The number of nitrogens with one attached hydrogen (secondary N) is 1. The maximum absolute atomic E-state index is 3.62. The van der Waals surface area contributed by atoms with E-state index in [1.165, 1.54) is 39.9 Å². The van der Waals surface area contributed by atoms with Gasteiger partial charge >= 0.3 is 0 Å². The standard InChI is InChI=1S/C14H24BrNS/c1-5-7-11(8-6-2)14(16-4)13-9-12(15)10(3)17-13/h9,11,14,16H,5-8H2,1-4H3. The van der Waals surface area contributed by atoms with E-state index in [2.05, 4.69) is 55.1 Å². The summed E-state index contributed by atoms with van der Waals surface area (Å²) in [6.45, 7) is 6.75. The van der Waals surface area contributed by atoms with Crippen LogP contribution >= 0.6 is 27.3 Å². The zero-order valence-corrected chi connectivity index (χ0v) is 13.7. The molecule has 1 nitrogen and oxygen atoms in total. The third-order valence-electron chi connectivity index (χ3n) is 3.28. The van der Waals surface area contributed by atoms with E-state index in [1.54, 1.807) is 0 Å². The highest BCUT2D eigenvalue weighted by Gasteiger charge is 2.22. The van der Waals surface area contributed by atoms with Crippen LogP contribution in [-0.2, 0) is 0 Å². The molecule has 0 aliphatic carbocycles. The van der Waals surface area contributed by atoms with Crippen molar-refractivity contribution in [1.29, 1.82) is 0 Å². The molecular weight excluding hydrogens is 294 g/mol. The lowest BCUT2D eigenvalue weighted by Crippen LogP contribution is -2.24. The molecule has 3 heteroatoms. The van der Waals surface area contributed by atoms with Gasteiger partial charge in [-0.05, 0) is 54.7 Å². The number of halogens is 1.